The number of rotatable bonds is 7. The summed E-state index contributed by atoms with van der Waals surface area (Å²) in [6.45, 7) is 0.846. The number of carbonyl (C=O) groups excluding carboxylic acids is 1. The highest BCUT2D eigenvalue weighted by Gasteiger charge is 1.95. The lowest BCUT2D eigenvalue weighted by Crippen LogP contribution is -2.07. The maximum Gasteiger partial charge on any atom is 0.178 e. The number of benzene rings is 2. The maximum absolute atomic E-state index is 11.9. The van der Waals surface area contributed by atoms with Crippen LogP contribution < -0.4 is 10.2 Å². The van der Waals surface area contributed by atoms with Crippen molar-refractivity contribution in [1.29, 1.82) is 0 Å². The van der Waals surface area contributed by atoms with Gasteiger partial charge >= 0.3 is 0 Å². The van der Waals surface area contributed by atoms with Gasteiger partial charge in [-0.05, 0) is 48.0 Å². The van der Waals surface area contributed by atoms with Crippen molar-refractivity contribution in [2.45, 2.75) is 6.54 Å². The molecule has 0 aliphatic rings. The topological polar surface area (TPSA) is 32.3 Å². The van der Waals surface area contributed by atoms with Crippen molar-refractivity contribution in [2.24, 2.45) is 0 Å². The van der Waals surface area contributed by atoms with E-state index in [1.54, 1.807) is 12.2 Å². The van der Waals surface area contributed by atoms with E-state index in [0.717, 1.165) is 23.4 Å². The summed E-state index contributed by atoms with van der Waals surface area (Å²) in [6.07, 6.45) is 6.86. The van der Waals surface area contributed by atoms with Crippen molar-refractivity contribution < 1.29 is 4.79 Å². The lowest BCUT2D eigenvalue weighted by atomic mass is 10.1. The summed E-state index contributed by atoms with van der Waals surface area (Å²) in [4.78, 5) is 14.0. The van der Waals surface area contributed by atoms with E-state index >= 15 is 0 Å². The van der Waals surface area contributed by atoms with Crippen LogP contribution in [0.25, 0.3) is 12.2 Å². The fourth-order valence-corrected chi connectivity index (χ4v) is 2.25. The summed E-state index contributed by atoms with van der Waals surface area (Å²) in [5.74, 6) is -0.0222. The first-order valence-corrected chi connectivity index (χ1v) is 7.99. The monoisotopic (exact) mass is 320 g/mol. The average molecular weight is 320 g/mol. The van der Waals surface area contributed by atoms with Crippen LogP contribution in [0.5, 0.6) is 0 Å². The highest BCUT2D eigenvalue weighted by Crippen LogP contribution is 2.13. The molecule has 2 aromatic carbocycles. The molecule has 124 valence electrons. The molecule has 2 aromatic rings. The van der Waals surface area contributed by atoms with Crippen molar-refractivity contribution in [3.05, 3.63) is 77.4 Å². The van der Waals surface area contributed by atoms with Crippen LogP contribution in [0.15, 0.2) is 60.7 Å². The molecule has 0 bridgehead atoms. The van der Waals surface area contributed by atoms with Crippen LogP contribution in [0.1, 0.15) is 16.7 Å². The Kier molecular flexibility index (Phi) is 6.52. The lowest BCUT2D eigenvalue weighted by Gasteiger charge is -2.11. The van der Waals surface area contributed by atoms with E-state index in [-0.39, 0.29) is 5.78 Å². The predicted octanol–water partition coefficient (Wildman–Crippen LogP) is 3.77. The Balaban J connectivity index is 1.94. The van der Waals surface area contributed by atoms with Crippen LogP contribution in [0.3, 0.4) is 0 Å². The van der Waals surface area contributed by atoms with Gasteiger partial charge in [0, 0.05) is 26.3 Å². The number of hydrogen-bond donors (Lipinski definition) is 1. The fourth-order valence-electron chi connectivity index (χ4n) is 2.25. The van der Waals surface area contributed by atoms with Gasteiger partial charge < -0.3 is 10.2 Å². The largest absolute Gasteiger partial charge is 0.378 e. The molecule has 3 heteroatoms. The standard InChI is InChI=1S/C21H24N2O/c1-22-16-19-6-4-17(5-7-19)10-14-21(24)15-11-18-8-12-20(13-9-18)23(2)3/h4-15,22H,16H2,1-3H3/b14-10+,15-11+. The summed E-state index contributed by atoms with van der Waals surface area (Å²) in [6, 6.07) is 16.2. The zero-order chi connectivity index (χ0) is 17.4. The highest BCUT2D eigenvalue weighted by molar-refractivity contribution is 6.04. The van der Waals surface area contributed by atoms with Crippen LogP contribution >= 0.6 is 0 Å². The quantitative estimate of drug-likeness (QED) is 0.788. The number of anilines is 1. The Morgan fingerprint density at radius 2 is 1.42 bits per heavy atom. The minimum Gasteiger partial charge on any atom is -0.378 e. The fraction of sp³-hybridized carbons (Fsp3) is 0.190. The zero-order valence-electron chi connectivity index (χ0n) is 14.5. The average Bonchev–Trinajstić information content (AvgIpc) is 2.60. The molecule has 0 spiro atoms. The Labute approximate surface area is 144 Å². The third kappa shape index (κ3) is 5.52. The van der Waals surface area contributed by atoms with E-state index in [1.165, 1.54) is 5.56 Å². The van der Waals surface area contributed by atoms with Gasteiger partial charge in [-0.15, -0.1) is 0 Å². The van der Waals surface area contributed by atoms with Crippen LogP contribution in [0.4, 0.5) is 5.69 Å². The Morgan fingerprint density at radius 3 is 1.88 bits per heavy atom. The van der Waals surface area contributed by atoms with E-state index in [0.29, 0.717) is 0 Å². The molecule has 1 N–H and O–H groups in total. The molecule has 0 amide bonds. The smallest absolute Gasteiger partial charge is 0.178 e. The molecule has 2 rings (SSSR count). The highest BCUT2D eigenvalue weighted by atomic mass is 16.1. The third-order valence-corrected chi connectivity index (χ3v) is 3.65. The minimum atomic E-state index is -0.0222. The van der Waals surface area contributed by atoms with Gasteiger partial charge in [-0.2, -0.15) is 0 Å². The van der Waals surface area contributed by atoms with E-state index in [2.05, 4.69) is 17.4 Å². The predicted molar refractivity (Wildman–Crippen MR) is 103 cm³/mol. The summed E-state index contributed by atoms with van der Waals surface area (Å²) in [5, 5.41) is 3.11. The van der Waals surface area contributed by atoms with E-state index in [4.69, 9.17) is 0 Å². The van der Waals surface area contributed by atoms with Crippen molar-refractivity contribution in [3.8, 4) is 0 Å². The van der Waals surface area contributed by atoms with Crippen LogP contribution in [-0.2, 0) is 11.3 Å². The first-order chi connectivity index (χ1) is 11.6. The van der Waals surface area contributed by atoms with Crippen molar-refractivity contribution in [3.63, 3.8) is 0 Å². The zero-order valence-corrected chi connectivity index (χ0v) is 14.5. The van der Waals surface area contributed by atoms with Crippen LogP contribution in [0.2, 0.25) is 0 Å². The SMILES string of the molecule is CNCc1ccc(/C=C/C(=O)/C=C/c2ccc(N(C)C)cc2)cc1. The Bertz CT molecular complexity index is 711. The summed E-state index contributed by atoms with van der Waals surface area (Å²) >= 11 is 0. The van der Waals surface area contributed by atoms with E-state index in [9.17, 15) is 4.79 Å². The molecule has 3 nitrogen and oxygen atoms in total. The molecule has 0 aromatic heterocycles. The number of nitrogens with one attached hydrogen (secondary N) is 1. The summed E-state index contributed by atoms with van der Waals surface area (Å²) < 4.78 is 0. The van der Waals surface area contributed by atoms with E-state index < -0.39 is 0 Å². The second-order valence-electron chi connectivity index (χ2n) is 5.83. The molecular weight excluding hydrogens is 296 g/mol. The van der Waals surface area contributed by atoms with Gasteiger partial charge in [0.15, 0.2) is 5.78 Å². The van der Waals surface area contributed by atoms with Crippen molar-refractivity contribution >= 4 is 23.6 Å². The summed E-state index contributed by atoms with van der Waals surface area (Å²) in [5.41, 5.74) is 4.40. The first kappa shape index (κ1) is 17.7. The molecule has 0 saturated heterocycles. The van der Waals surface area contributed by atoms with Gasteiger partial charge in [0.1, 0.15) is 0 Å². The van der Waals surface area contributed by atoms with Gasteiger partial charge in [0.25, 0.3) is 0 Å². The molecule has 0 radical (unpaired) electrons. The third-order valence-electron chi connectivity index (χ3n) is 3.65. The van der Waals surface area contributed by atoms with E-state index in [1.807, 2.05) is 74.6 Å². The molecule has 0 unspecified atom stereocenters. The van der Waals surface area contributed by atoms with Gasteiger partial charge in [0.05, 0.1) is 0 Å². The van der Waals surface area contributed by atoms with Crippen molar-refractivity contribution in [1.82, 2.24) is 5.32 Å². The normalized spacial score (nSPS) is 11.3. The second kappa shape index (κ2) is 8.85. The molecule has 0 aliphatic heterocycles. The molecule has 24 heavy (non-hydrogen) atoms. The number of carbonyl (C=O) groups is 1. The number of hydrogen-bond acceptors (Lipinski definition) is 3. The maximum atomic E-state index is 11.9. The molecule has 0 aliphatic carbocycles. The molecule has 0 atom stereocenters. The van der Waals surface area contributed by atoms with Crippen LogP contribution in [-0.4, -0.2) is 26.9 Å². The van der Waals surface area contributed by atoms with Crippen molar-refractivity contribution in [2.75, 3.05) is 26.0 Å². The molecular formula is C21H24N2O. The van der Waals surface area contributed by atoms with Crippen LogP contribution in [0, 0.1) is 0 Å². The van der Waals surface area contributed by atoms with Gasteiger partial charge in [-0.3, -0.25) is 4.79 Å². The second-order valence-corrected chi connectivity index (χ2v) is 5.83. The number of ketones is 1. The minimum absolute atomic E-state index is 0.0222. The molecule has 0 heterocycles. The van der Waals surface area contributed by atoms with Gasteiger partial charge in [0.2, 0.25) is 0 Å². The number of nitrogens with zero attached hydrogens (tertiary/aromatic N) is 1. The number of allylic oxidation sites excluding steroid dienone is 2. The Hall–Kier alpha value is -2.65. The molecule has 0 fully saturated rings. The van der Waals surface area contributed by atoms with Gasteiger partial charge in [-0.1, -0.05) is 48.6 Å². The lowest BCUT2D eigenvalue weighted by molar-refractivity contribution is -0.110. The van der Waals surface area contributed by atoms with Gasteiger partial charge in [-0.25, -0.2) is 0 Å². The Morgan fingerprint density at radius 1 is 0.917 bits per heavy atom. The first-order valence-electron chi connectivity index (χ1n) is 7.99. The molecule has 0 saturated carbocycles. The summed E-state index contributed by atoms with van der Waals surface area (Å²) in [7, 11) is 5.93.